The molecule has 3 aromatic rings. The van der Waals surface area contributed by atoms with Gasteiger partial charge in [-0.2, -0.15) is 0 Å². The minimum atomic E-state index is -3.80. The van der Waals surface area contributed by atoms with Crippen LogP contribution in [-0.4, -0.2) is 51.0 Å². The first-order chi connectivity index (χ1) is 17.5. The summed E-state index contributed by atoms with van der Waals surface area (Å²) in [5.41, 5.74) is 2.90. The van der Waals surface area contributed by atoms with Crippen LogP contribution in [0.3, 0.4) is 0 Å². The van der Waals surface area contributed by atoms with Gasteiger partial charge in [0.25, 0.3) is 0 Å². The lowest BCUT2D eigenvalue weighted by molar-refractivity contribution is -0.139. The molecule has 0 aromatic heterocycles. The highest BCUT2D eigenvalue weighted by molar-refractivity contribution is 9.10. The highest BCUT2D eigenvalue weighted by atomic mass is 79.9. The van der Waals surface area contributed by atoms with Crippen LogP contribution in [0.4, 0.5) is 5.69 Å². The molecule has 37 heavy (non-hydrogen) atoms. The summed E-state index contributed by atoms with van der Waals surface area (Å²) in [7, 11) is -2.28. The van der Waals surface area contributed by atoms with Crippen LogP contribution in [0.2, 0.25) is 0 Å². The number of rotatable bonds is 10. The Morgan fingerprint density at radius 1 is 0.946 bits per heavy atom. The Labute approximate surface area is 235 Å². The van der Waals surface area contributed by atoms with Crippen molar-refractivity contribution < 1.29 is 18.0 Å². The van der Waals surface area contributed by atoms with Crippen molar-refractivity contribution in [2.45, 2.75) is 25.9 Å². The van der Waals surface area contributed by atoms with E-state index in [9.17, 15) is 18.0 Å². The Morgan fingerprint density at radius 2 is 1.59 bits per heavy atom. The molecule has 0 spiro atoms. The molecule has 1 N–H and O–H groups in total. The number of anilines is 1. The molecule has 0 radical (unpaired) electrons. The molecule has 0 aliphatic heterocycles. The molecular weight excluding hydrogens is 622 g/mol. The van der Waals surface area contributed by atoms with E-state index in [0.717, 1.165) is 36.2 Å². The molecule has 3 rings (SSSR count). The zero-order valence-corrected chi connectivity index (χ0v) is 24.8. The Kier molecular flexibility index (Phi) is 9.92. The summed E-state index contributed by atoms with van der Waals surface area (Å²) in [6.07, 6.45) is 1.34. The number of nitrogens with one attached hydrogen (secondary N) is 1. The van der Waals surface area contributed by atoms with Crippen LogP contribution in [0.1, 0.15) is 16.7 Å². The van der Waals surface area contributed by atoms with Gasteiger partial charge in [-0.1, -0.05) is 74.3 Å². The second-order valence-corrected chi connectivity index (χ2v) is 12.3. The number of hydrogen-bond acceptors (Lipinski definition) is 4. The van der Waals surface area contributed by atoms with E-state index in [4.69, 9.17) is 0 Å². The minimum absolute atomic E-state index is 0.133. The lowest BCUT2D eigenvalue weighted by atomic mass is 10.0. The third-order valence-corrected chi connectivity index (χ3v) is 8.45. The van der Waals surface area contributed by atoms with Crippen molar-refractivity contribution in [3.63, 3.8) is 0 Å². The van der Waals surface area contributed by atoms with Crippen molar-refractivity contribution in [2.24, 2.45) is 0 Å². The minimum Gasteiger partial charge on any atom is -0.357 e. The van der Waals surface area contributed by atoms with Crippen molar-refractivity contribution in [2.75, 3.05) is 24.2 Å². The number of amides is 2. The number of nitrogens with zero attached hydrogens (tertiary/aromatic N) is 2. The van der Waals surface area contributed by atoms with E-state index in [2.05, 4.69) is 37.2 Å². The predicted octanol–water partition coefficient (Wildman–Crippen LogP) is 4.67. The van der Waals surface area contributed by atoms with Crippen LogP contribution >= 0.6 is 31.9 Å². The summed E-state index contributed by atoms with van der Waals surface area (Å²) in [6.45, 7) is 1.53. The van der Waals surface area contributed by atoms with Crippen molar-refractivity contribution in [3.05, 3.63) is 98.4 Å². The van der Waals surface area contributed by atoms with Gasteiger partial charge in [0.05, 0.1) is 11.9 Å². The lowest BCUT2D eigenvalue weighted by Gasteiger charge is -2.33. The SMILES string of the molecule is CNC(=O)[C@H](Cc1ccccc1)N(Cc1ccc(Br)cc1)C(=O)CN(c1ccc(Br)c(C)c1)S(C)(=O)=O. The molecule has 2 amide bonds. The fourth-order valence-corrected chi connectivity index (χ4v) is 5.26. The molecule has 196 valence electrons. The Hall–Kier alpha value is -2.69. The van der Waals surface area contributed by atoms with Crippen LogP contribution in [0.15, 0.2) is 81.7 Å². The van der Waals surface area contributed by atoms with Crippen LogP contribution in [0.25, 0.3) is 0 Å². The number of carbonyl (C=O) groups excluding carboxylic acids is 2. The number of carbonyl (C=O) groups is 2. The molecule has 7 nitrogen and oxygen atoms in total. The smallest absolute Gasteiger partial charge is 0.244 e. The van der Waals surface area contributed by atoms with Gasteiger partial charge in [-0.25, -0.2) is 8.42 Å². The summed E-state index contributed by atoms with van der Waals surface area (Å²) in [5, 5.41) is 2.67. The number of halogens is 2. The maximum atomic E-state index is 13.9. The molecule has 10 heteroatoms. The first-order valence-electron chi connectivity index (χ1n) is 11.5. The van der Waals surface area contributed by atoms with E-state index in [-0.39, 0.29) is 18.9 Å². The van der Waals surface area contributed by atoms with Gasteiger partial charge in [0.1, 0.15) is 12.6 Å². The molecule has 3 aromatic carbocycles. The molecular formula is C27H29Br2N3O4S. The molecule has 0 saturated heterocycles. The van der Waals surface area contributed by atoms with E-state index in [0.29, 0.717) is 5.69 Å². The monoisotopic (exact) mass is 649 g/mol. The third-order valence-electron chi connectivity index (χ3n) is 5.89. The fraction of sp³-hybridized carbons (Fsp3) is 0.259. The summed E-state index contributed by atoms with van der Waals surface area (Å²) >= 11 is 6.85. The summed E-state index contributed by atoms with van der Waals surface area (Å²) in [6, 6.07) is 21.1. The van der Waals surface area contributed by atoms with Crippen molar-refractivity contribution in [1.82, 2.24) is 10.2 Å². The number of aryl methyl sites for hydroxylation is 1. The molecule has 0 aliphatic carbocycles. The summed E-state index contributed by atoms with van der Waals surface area (Å²) < 4.78 is 28.4. The van der Waals surface area contributed by atoms with E-state index in [1.807, 2.05) is 61.5 Å². The first-order valence-corrected chi connectivity index (χ1v) is 15.0. The standard InChI is InChI=1S/C27H29Br2N3O4S/c1-19-15-23(13-14-24(19)29)32(37(3,35)36)18-26(33)31(17-21-9-11-22(28)12-10-21)25(27(34)30-2)16-20-7-5-4-6-8-20/h4-15,25H,16-18H2,1-3H3,(H,30,34)/t25-/m0/s1. The molecule has 1 atom stereocenters. The number of hydrogen-bond donors (Lipinski definition) is 1. The Morgan fingerprint density at radius 3 is 2.16 bits per heavy atom. The highest BCUT2D eigenvalue weighted by Crippen LogP contribution is 2.25. The largest absolute Gasteiger partial charge is 0.357 e. The highest BCUT2D eigenvalue weighted by Gasteiger charge is 2.32. The lowest BCUT2D eigenvalue weighted by Crippen LogP contribution is -2.52. The van der Waals surface area contributed by atoms with E-state index in [1.54, 1.807) is 18.2 Å². The maximum absolute atomic E-state index is 13.9. The average molecular weight is 651 g/mol. The molecule has 0 bridgehead atoms. The average Bonchev–Trinajstić information content (AvgIpc) is 2.87. The number of benzene rings is 3. The van der Waals surface area contributed by atoms with Gasteiger partial charge in [0, 0.05) is 29.0 Å². The van der Waals surface area contributed by atoms with Gasteiger partial charge >= 0.3 is 0 Å². The quantitative estimate of drug-likeness (QED) is 0.346. The third kappa shape index (κ3) is 7.90. The van der Waals surface area contributed by atoms with Crippen molar-refractivity contribution in [1.29, 1.82) is 0 Å². The van der Waals surface area contributed by atoms with Gasteiger partial charge in [-0.3, -0.25) is 13.9 Å². The molecule has 0 fully saturated rings. The van der Waals surface area contributed by atoms with Gasteiger partial charge in [-0.15, -0.1) is 0 Å². The first kappa shape index (κ1) is 28.9. The number of likely N-dealkylation sites (N-methyl/N-ethyl adjacent to an activating group) is 1. The fourth-order valence-electron chi connectivity index (χ4n) is 3.90. The molecule has 0 saturated carbocycles. The second-order valence-electron chi connectivity index (χ2n) is 8.67. The van der Waals surface area contributed by atoms with Gasteiger partial charge in [-0.05, 0) is 53.9 Å². The van der Waals surface area contributed by atoms with E-state index >= 15 is 0 Å². The van der Waals surface area contributed by atoms with E-state index in [1.165, 1.54) is 11.9 Å². The van der Waals surface area contributed by atoms with Crippen molar-refractivity contribution >= 4 is 59.4 Å². The zero-order valence-electron chi connectivity index (χ0n) is 20.8. The van der Waals surface area contributed by atoms with Crippen molar-refractivity contribution in [3.8, 4) is 0 Å². The maximum Gasteiger partial charge on any atom is 0.244 e. The topological polar surface area (TPSA) is 86.8 Å². The Balaban J connectivity index is 2.03. The Bertz CT molecular complexity index is 1350. The van der Waals surface area contributed by atoms with Crippen LogP contribution in [0, 0.1) is 6.92 Å². The van der Waals surface area contributed by atoms with Gasteiger partial charge in [0.2, 0.25) is 21.8 Å². The predicted molar refractivity (Wildman–Crippen MR) is 154 cm³/mol. The van der Waals surface area contributed by atoms with Crippen LogP contribution in [0.5, 0.6) is 0 Å². The molecule has 0 heterocycles. The molecule has 0 aliphatic rings. The normalized spacial score (nSPS) is 12.0. The zero-order chi connectivity index (χ0) is 27.2. The van der Waals surface area contributed by atoms with E-state index < -0.39 is 28.5 Å². The van der Waals surface area contributed by atoms with Crippen LogP contribution < -0.4 is 9.62 Å². The second kappa shape index (κ2) is 12.7. The summed E-state index contributed by atoms with van der Waals surface area (Å²) in [5.74, 6) is -0.821. The number of sulfonamides is 1. The van der Waals surface area contributed by atoms with Gasteiger partial charge < -0.3 is 10.2 Å². The summed E-state index contributed by atoms with van der Waals surface area (Å²) in [4.78, 5) is 28.4. The molecule has 0 unspecified atom stereocenters. The van der Waals surface area contributed by atoms with Crippen LogP contribution in [-0.2, 0) is 32.6 Å². The van der Waals surface area contributed by atoms with Gasteiger partial charge in [0.15, 0.2) is 0 Å².